The molecule has 0 heterocycles. The number of hydrogen-bond acceptors (Lipinski definition) is 2. The van der Waals surface area contributed by atoms with Gasteiger partial charge in [-0.3, -0.25) is 4.79 Å². The van der Waals surface area contributed by atoms with Crippen LogP contribution in [0.4, 0.5) is 0 Å². The maximum absolute atomic E-state index is 10.8. The van der Waals surface area contributed by atoms with Crippen molar-refractivity contribution in [2.24, 2.45) is 0 Å². The van der Waals surface area contributed by atoms with Gasteiger partial charge < -0.3 is 10.1 Å². The molecule has 3 nitrogen and oxygen atoms in total. The molecule has 1 N–H and O–H groups in total. The largest absolute Gasteiger partial charge is 0.491 e. The van der Waals surface area contributed by atoms with Gasteiger partial charge in [-0.1, -0.05) is 48.5 Å². The highest BCUT2D eigenvalue weighted by Gasteiger charge is 2.04. The third-order valence-corrected chi connectivity index (χ3v) is 2.94. The van der Waals surface area contributed by atoms with Crippen LogP contribution in [0, 0.1) is 0 Å². The lowest BCUT2D eigenvalue weighted by molar-refractivity contribution is -0.119. The summed E-state index contributed by atoms with van der Waals surface area (Å²) in [7, 11) is 0. The third-order valence-electron chi connectivity index (χ3n) is 2.94. The van der Waals surface area contributed by atoms with E-state index < -0.39 is 0 Å². The van der Waals surface area contributed by atoms with Crippen molar-refractivity contribution >= 4 is 5.91 Å². The third kappa shape index (κ3) is 4.43. The molecule has 104 valence electrons. The molecule has 0 radical (unpaired) electrons. The second-order valence-corrected chi connectivity index (χ2v) is 4.60. The van der Waals surface area contributed by atoms with Crippen LogP contribution in [0.3, 0.4) is 0 Å². The average Bonchev–Trinajstić information content (AvgIpc) is 2.46. The van der Waals surface area contributed by atoms with Crippen molar-refractivity contribution in [3.8, 4) is 5.75 Å². The quantitative estimate of drug-likeness (QED) is 0.819. The average molecular weight is 269 g/mol. The Balaban J connectivity index is 1.97. The smallest absolute Gasteiger partial charge is 0.216 e. The van der Waals surface area contributed by atoms with Crippen LogP contribution in [-0.4, -0.2) is 19.1 Å². The molecule has 2 rings (SSSR count). The maximum atomic E-state index is 10.8. The van der Waals surface area contributed by atoms with Crippen LogP contribution in [-0.2, 0) is 11.2 Å². The molecule has 0 aromatic heterocycles. The fourth-order valence-electron chi connectivity index (χ4n) is 1.99. The molecule has 20 heavy (non-hydrogen) atoms. The molecule has 0 unspecified atom stereocenters. The molecule has 0 bridgehead atoms. The van der Waals surface area contributed by atoms with E-state index in [1.807, 2.05) is 36.4 Å². The van der Waals surface area contributed by atoms with E-state index in [9.17, 15) is 4.79 Å². The van der Waals surface area contributed by atoms with E-state index in [4.69, 9.17) is 4.74 Å². The predicted molar refractivity (Wildman–Crippen MR) is 79.9 cm³/mol. The first-order chi connectivity index (χ1) is 9.75. The molecular formula is C17H19NO2. The van der Waals surface area contributed by atoms with E-state index in [1.165, 1.54) is 12.5 Å². The van der Waals surface area contributed by atoms with Crippen molar-refractivity contribution in [2.75, 3.05) is 13.2 Å². The van der Waals surface area contributed by atoms with Crippen molar-refractivity contribution in [3.05, 3.63) is 65.7 Å². The van der Waals surface area contributed by atoms with E-state index in [2.05, 4.69) is 23.5 Å². The zero-order valence-electron chi connectivity index (χ0n) is 11.6. The van der Waals surface area contributed by atoms with E-state index in [0.717, 1.165) is 17.7 Å². The van der Waals surface area contributed by atoms with Gasteiger partial charge in [-0.15, -0.1) is 0 Å². The number of para-hydroxylation sites is 1. The number of nitrogens with one attached hydrogen (secondary N) is 1. The zero-order valence-corrected chi connectivity index (χ0v) is 11.6. The van der Waals surface area contributed by atoms with Crippen LogP contribution >= 0.6 is 0 Å². The number of carbonyl (C=O) groups is 1. The number of amides is 1. The summed E-state index contributed by atoms with van der Waals surface area (Å²) in [6, 6.07) is 18.3. The highest BCUT2D eigenvalue weighted by Crippen LogP contribution is 2.21. The van der Waals surface area contributed by atoms with Gasteiger partial charge in [-0.25, -0.2) is 0 Å². The summed E-state index contributed by atoms with van der Waals surface area (Å²) >= 11 is 0. The lowest BCUT2D eigenvalue weighted by Crippen LogP contribution is -2.25. The molecule has 3 heteroatoms. The minimum Gasteiger partial charge on any atom is -0.491 e. The molecular weight excluding hydrogens is 250 g/mol. The van der Waals surface area contributed by atoms with Crippen LogP contribution in [0.2, 0.25) is 0 Å². The Labute approximate surface area is 119 Å². The lowest BCUT2D eigenvalue weighted by Gasteiger charge is -2.11. The Morgan fingerprint density at radius 1 is 1.05 bits per heavy atom. The van der Waals surface area contributed by atoms with Crippen molar-refractivity contribution in [3.63, 3.8) is 0 Å². The van der Waals surface area contributed by atoms with Gasteiger partial charge in [0.25, 0.3) is 0 Å². The number of rotatable bonds is 6. The molecule has 0 saturated heterocycles. The van der Waals surface area contributed by atoms with Gasteiger partial charge >= 0.3 is 0 Å². The number of ether oxygens (including phenoxy) is 1. The fraction of sp³-hybridized carbons (Fsp3) is 0.235. The molecule has 0 aliphatic heterocycles. The van der Waals surface area contributed by atoms with Crippen molar-refractivity contribution < 1.29 is 9.53 Å². The van der Waals surface area contributed by atoms with E-state index in [0.29, 0.717) is 13.2 Å². The highest BCUT2D eigenvalue weighted by atomic mass is 16.5. The molecule has 2 aromatic carbocycles. The van der Waals surface area contributed by atoms with Gasteiger partial charge in [0.05, 0.1) is 6.54 Å². The summed E-state index contributed by atoms with van der Waals surface area (Å²) in [4.78, 5) is 10.8. The first-order valence-electron chi connectivity index (χ1n) is 6.75. The normalized spacial score (nSPS) is 10.1. The minimum atomic E-state index is -0.0360. The molecule has 0 aliphatic rings. The Bertz CT molecular complexity index is 552. The van der Waals surface area contributed by atoms with Gasteiger partial charge in [-0.05, 0) is 17.2 Å². The fourth-order valence-corrected chi connectivity index (χ4v) is 1.99. The monoisotopic (exact) mass is 269 g/mol. The Hall–Kier alpha value is -2.29. The van der Waals surface area contributed by atoms with Crippen molar-refractivity contribution in [1.29, 1.82) is 0 Å². The summed E-state index contributed by atoms with van der Waals surface area (Å²) in [6.45, 7) is 2.50. The van der Waals surface area contributed by atoms with Crippen LogP contribution in [0.1, 0.15) is 18.1 Å². The van der Waals surface area contributed by atoms with Gasteiger partial charge in [0.1, 0.15) is 12.4 Å². The standard InChI is InChI=1S/C17H19NO2/c1-14(19)18-11-12-20-17-10-6-5-9-16(17)13-15-7-3-2-4-8-15/h2-10H,11-13H2,1H3,(H,18,19). The van der Waals surface area contributed by atoms with Crippen LogP contribution in [0.25, 0.3) is 0 Å². The number of hydrogen-bond donors (Lipinski definition) is 1. The first-order valence-corrected chi connectivity index (χ1v) is 6.75. The molecule has 0 fully saturated rings. The minimum absolute atomic E-state index is 0.0360. The lowest BCUT2D eigenvalue weighted by atomic mass is 10.0. The topological polar surface area (TPSA) is 38.3 Å². The Morgan fingerprint density at radius 3 is 2.50 bits per heavy atom. The maximum Gasteiger partial charge on any atom is 0.216 e. The second kappa shape index (κ2) is 7.34. The summed E-state index contributed by atoms with van der Waals surface area (Å²) < 4.78 is 5.75. The van der Waals surface area contributed by atoms with Gasteiger partial charge in [-0.2, -0.15) is 0 Å². The molecule has 0 saturated carbocycles. The summed E-state index contributed by atoms with van der Waals surface area (Å²) in [5.41, 5.74) is 2.41. The van der Waals surface area contributed by atoms with E-state index >= 15 is 0 Å². The summed E-state index contributed by atoms with van der Waals surface area (Å²) in [5.74, 6) is 0.841. The van der Waals surface area contributed by atoms with Crippen LogP contribution in [0.5, 0.6) is 5.75 Å². The SMILES string of the molecule is CC(=O)NCCOc1ccccc1Cc1ccccc1. The van der Waals surface area contributed by atoms with Crippen LogP contribution < -0.4 is 10.1 Å². The molecule has 1 amide bonds. The van der Waals surface area contributed by atoms with Crippen molar-refractivity contribution in [1.82, 2.24) is 5.32 Å². The van der Waals surface area contributed by atoms with Crippen molar-refractivity contribution in [2.45, 2.75) is 13.3 Å². The molecule has 0 atom stereocenters. The summed E-state index contributed by atoms with van der Waals surface area (Å²) in [6.07, 6.45) is 0.844. The highest BCUT2D eigenvalue weighted by molar-refractivity contribution is 5.72. The van der Waals surface area contributed by atoms with Gasteiger partial charge in [0.2, 0.25) is 5.91 Å². The number of benzene rings is 2. The number of carbonyl (C=O) groups excluding carboxylic acids is 1. The molecule has 0 aliphatic carbocycles. The Kier molecular flexibility index (Phi) is 5.18. The predicted octanol–water partition coefficient (Wildman–Crippen LogP) is 2.79. The summed E-state index contributed by atoms with van der Waals surface area (Å²) in [5, 5.41) is 2.72. The second-order valence-electron chi connectivity index (χ2n) is 4.60. The van der Waals surface area contributed by atoms with Crippen LogP contribution in [0.15, 0.2) is 54.6 Å². The Morgan fingerprint density at radius 2 is 1.75 bits per heavy atom. The molecule has 2 aromatic rings. The first kappa shape index (κ1) is 14.1. The zero-order chi connectivity index (χ0) is 14.2. The molecule has 0 spiro atoms. The van der Waals surface area contributed by atoms with E-state index in [-0.39, 0.29) is 5.91 Å². The van der Waals surface area contributed by atoms with E-state index in [1.54, 1.807) is 0 Å². The van der Waals surface area contributed by atoms with Gasteiger partial charge in [0, 0.05) is 13.3 Å². The van der Waals surface area contributed by atoms with Gasteiger partial charge in [0.15, 0.2) is 0 Å².